The highest BCUT2D eigenvalue weighted by molar-refractivity contribution is 7.99. The van der Waals surface area contributed by atoms with Crippen molar-refractivity contribution in [2.24, 2.45) is 7.05 Å². The lowest BCUT2D eigenvalue weighted by Crippen LogP contribution is -2.27. The van der Waals surface area contributed by atoms with Gasteiger partial charge in [-0.05, 0) is 69.0 Å². The first kappa shape index (κ1) is 24.8. The van der Waals surface area contributed by atoms with Crippen LogP contribution >= 0.6 is 11.8 Å². The molecule has 0 N–H and O–H groups in total. The highest BCUT2D eigenvalue weighted by Gasteiger charge is 2.17. The normalized spacial score (nSPS) is 14.1. The van der Waals surface area contributed by atoms with E-state index in [0.29, 0.717) is 0 Å². The summed E-state index contributed by atoms with van der Waals surface area (Å²) >= 11 is 1.77. The predicted octanol–water partition coefficient (Wildman–Crippen LogP) is 5.28. The van der Waals surface area contributed by atoms with Crippen LogP contribution in [0.1, 0.15) is 29.0 Å². The summed E-state index contributed by atoms with van der Waals surface area (Å²) in [6.45, 7) is 7.21. The molecule has 0 saturated carbocycles. The Balaban J connectivity index is 1.04. The molecule has 1 aliphatic heterocycles. The fraction of sp³-hybridized carbons (Fsp3) is 0.345. The average Bonchev–Trinajstić information content (AvgIpc) is 3.46. The number of nitrogens with zero attached hydrogens (tertiary/aromatic N) is 7. The third kappa shape index (κ3) is 5.08. The van der Waals surface area contributed by atoms with Gasteiger partial charge in [-0.25, -0.2) is 0 Å². The van der Waals surface area contributed by atoms with Crippen LogP contribution in [0.25, 0.3) is 33.5 Å². The van der Waals surface area contributed by atoms with Crippen LogP contribution < -0.4 is 0 Å². The van der Waals surface area contributed by atoms with Gasteiger partial charge in [0.25, 0.3) is 0 Å². The lowest BCUT2D eigenvalue weighted by Gasteiger charge is -2.19. The van der Waals surface area contributed by atoms with Crippen molar-refractivity contribution < 1.29 is 4.52 Å². The van der Waals surface area contributed by atoms with E-state index in [9.17, 15) is 0 Å². The van der Waals surface area contributed by atoms with Crippen LogP contribution in [0.15, 0.2) is 58.5 Å². The van der Waals surface area contributed by atoms with E-state index in [1.165, 1.54) is 11.1 Å². The molecule has 0 spiro atoms. The highest BCUT2D eigenvalue weighted by Crippen LogP contribution is 2.28. The number of aryl methyl sites for hydroxylation is 2. The van der Waals surface area contributed by atoms with Crippen molar-refractivity contribution >= 4 is 22.7 Å². The van der Waals surface area contributed by atoms with Gasteiger partial charge in [0.15, 0.2) is 11.0 Å². The minimum Gasteiger partial charge on any atom is -0.361 e. The van der Waals surface area contributed by atoms with Crippen molar-refractivity contribution in [3.63, 3.8) is 0 Å². The average molecular weight is 526 g/mol. The molecule has 9 heteroatoms. The fourth-order valence-corrected chi connectivity index (χ4v) is 5.96. The Labute approximate surface area is 226 Å². The summed E-state index contributed by atoms with van der Waals surface area (Å²) in [4.78, 5) is 11.5. The monoisotopic (exact) mass is 525 g/mol. The predicted molar refractivity (Wildman–Crippen MR) is 150 cm³/mol. The van der Waals surface area contributed by atoms with Gasteiger partial charge >= 0.3 is 0 Å². The maximum absolute atomic E-state index is 5.27. The summed E-state index contributed by atoms with van der Waals surface area (Å²) in [6, 6.07) is 12.8. The number of rotatable bonds is 7. The van der Waals surface area contributed by atoms with Crippen molar-refractivity contribution in [3.8, 4) is 22.6 Å². The zero-order chi connectivity index (χ0) is 26.1. The summed E-state index contributed by atoms with van der Waals surface area (Å²) in [7, 11) is 2.03. The van der Waals surface area contributed by atoms with E-state index >= 15 is 0 Å². The van der Waals surface area contributed by atoms with Crippen LogP contribution in [-0.2, 0) is 19.9 Å². The highest BCUT2D eigenvalue weighted by atomic mass is 32.2. The van der Waals surface area contributed by atoms with E-state index in [0.717, 1.165) is 94.8 Å². The molecule has 0 amide bonds. The summed E-state index contributed by atoms with van der Waals surface area (Å²) in [5.74, 6) is 2.69. The van der Waals surface area contributed by atoms with Crippen molar-refractivity contribution in [2.75, 3.05) is 25.4 Å². The first-order valence-corrected chi connectivity index (χ1v) is 14.1. The molecule has 0 bridgehead atoms. The Kier molecular flexibility index (Phi) is 6.95. The standard InChI is InChI=1S/C29H31N7OS/c1-19-15-27(34-37-19)23-6-5-21-8-12-36(13-9-22(21)16-23)11-4-14-38-29-33-32-28(35(29)3)25-17-24-18-30-10-7-26(24)31-20(25)2/h5-7,10,15-18H,4,8-9,11-14H2,1-3H3. The molecule has 0 saturated heterocycles. The van der Waals surface area contributed by atoms with Gasteiger partial charge in [0.05, 0.1) is 5.52 Å². The third-order valence-corrected chi connectivity index (χ3v) is 8.36. The van der Waals surface area contributed by atoms with Gasteiger partial charge in [-0.15, -0.1) is 10.2 Å². The number of aromatic nitrogens is 6. The van der Waals surface area contributed by atoms with Crippen molar-refractivity contribution in [1.82, 2.24) is 34.8 Å². The number of hydrogen-bond donors (Lipinski definition) is 0. The Morgan fingerprint density at radius 2 is 1.87 bits per heavy atom. The van der Waals surface area contributed by atoms with Crippen molar-refractivity contribution in [2.45, 2.75) is 38.3 Å². The topological polar surface area (TPSA) is 85.8 Å². The molecule has 8 nitrogen and oxygen atoms in total. The molecule has 5 heterocycles. The zero-order valence-corrected chi connectivity index (χ0v) is 22.8. The van der Waals surface area contributed by atoms with Crippen molar-refractivity contribution in [1.29, 1.82) is 0 Å². The molecule has 194 valence electrons. The lowest BCUT2D eigenvalue weighted by atomic mass is 9.99. The molecular weight excluding hydrogens is 494 g/mol. The van der Waals surface area contributed by atoms with Crippen LogP contribution in [0.4, 0.5) is 0 Å². The molecular formula is C29H31N7OS. The molecule has 0 radical (unpaired) electrons. The molecule has 6 rings (SSSR count). The second kappa shape index (κ2) is 10.7. The largest absolute Gasteiger partial charge is 0.361 e. The first-order chi connectivity index (χ1) is 18.5. The van der Waals surface area contributed by atoms with Crippen LogP contribution in [0.5, 0.6) is 0 Å². The molecule has 1 aromatic carbocycles. The quantitative estimate of drug-likeness (QED) is 0.210. The third-order valence-electron chi connectivity index (χ3n) is 7.26. The Hall–Kier alpha value is -3.56. The maximum Gasteiger partial charge on any atom is 0.191 e. The van der Waals surface area contributed by atoms with Gasteiger partial charge in [-0.3, -0.25) is 9.97 Å². The smallest absolute Gasteiger partial charge is 0.191 e. The summed E-state index contributed by atoms with van der Waals surface area (Å²) in [6.07, 6.45) is 6.87. The Bertz CT molecular complexity index is 1590. The van der Waals surface area contributed by atoms with E-state index < -0.39 is 0 Å². The first-order valence-electron chi connectivity index (χ1n) is 13.1. The molecule has 38 heavy (non-hydrogen) atoms. The number of benzene rings is 1. The Morgan fingerprint density at radius 3 is 2.71 bits per heavy atom. The minimum atomic E-state index is 0.841. The van der Waals surface area contributed by atoms with Crippen molar-refractivity contribution in [3.05, 3.63) is 71.4 Å². The van der Waals surface area contributed by atoms with Gasteiger partial charge in [0.1, 0.15) is 11.5 Å². The van der Waals surface area contributed by atoms with Crippen LogP contribution in [-0.4, -0.2) is 60.2 Å². The van der Waals surface area contributed by atoms with Crippen LogP contribution in [0.2, 0.25) is 0 Å². The number of fused-ring (bicyclic) bond motifs is 2. The lowest BCUT2D eigenvalue weighted by molar-refractivity contribution is 0.289. The molecule has 5 aromatic rings. The fourth-order valence-electron chi connectivity index (χ4n) is 5.12. The number of pyridine rings is 2. The van der Waals surface area contributed by atoms with Crippen LogP contribution in [0.3, 0.4) is 0 Å². The summed E-state index contributed by atoms with van der Waals surface area (Å²) in [5.41, 5.74) is 7.83. The molecule has 1 aliphatic rings. The molecule has 0 unspecified atom stereocenters. The van der Waals surface area contributed by atoms with Gasteiger partial charge in [-0.1, -0.05) is 29.1 Å². The summed E-state index contributed by atoms with van der Waals surface area (Å²) < 4.78 is 7.34. The van der Waals surface area contributed by atoms with E-state index in [4.69, 9.17) is 9.51 Å². The SMILES string of the molecule is Cc1cc(-c2ccc3c(c2)CCN(CCCSc2nnc(-c4cc5cnccc5nc4C)n2C)CC3)no1. The Morgan fingerprint density at radius 1 is 1.00 bits per heavy atom. The maximum atomic E-state index is 5.27. The van der Waals surface area contributed by atoms with E-state index in [1.54, 1.807) is 18.0 Å². The van der Waals surface area contributed by atoms with Gasteiger partial charge in [-0.2, -0.15) is 0 Å². The van der Waals surface area contributed by atoms with Crippen LogP contribution in [0, 0.1) is 13.8 Å². The number of thioether (sulfide) groups is 1. The van der Waals surface area contributed by atoms with E-state index in [-0.39, 0.29) is 0 Å². The minimum absolute atomic E-state index is 0.841. The number of hydrogen-bond acceptors (Lipinski definition) is 8. The van der Waals surface area contributed by atoms with Gasteiger partial charge in [0, 0.05) is 66.6 Å². The van der Waals surface area contributed by atoms with Gasteiger partial charge in [0.2, 0.25) is 0 Å². The van der Waals surface area contributed by atoms with E-state index in [1.807, 2.05) is 39.2 Å². The second-order valence-electron chi connectivity index (χ2n) is 9.90. The molecule has 0 fully saturated rings. The second-order valence-corrected chi connectivity index (χ2v) is 11.0. The summed E-state index contributed by atoms with van der Waals surface area (Å²) in [5, 5.41) is 15.1. The van der Waals surface area contributed by atoms with E-state index in [2.05, 4.69) is 54.1 Å². The molecule has 0 aliphatic carbocycles. The molecule has 4 aromatic heterocycles. The van der Waals surface area contributed by atoms with Gasteiger partial charge < -0.3 is 14.0 Å². The molecule has 0 atom stereocenters. The zero-order valence-electron chi connectivity index (χ0n) is 22.0.